The number of benzene rings is 2. The molecule has 2 aromatic rings. The van der Waals surface area contributed by atoms with Crippen LogP contribution in [0.5, 0.6) is 5.75 Å². The summed E-state index contributed by atoms with van der Waals surface area (Å²) in [6.45, 7) is 10.5. The zero-order chi connectivity index (χ0) is 25.5. The summed E-state index contributed by atoms with van der Waals surface area (Å²) in [5.74, 6) is -0.782. The number of ketones is 1. The summed E-state index contributed by atoms with van der Waals surface area (Å²) in [6, 6.07) is 14.1. The molecule has 1 amide bonds. The van der Waals surface area contributed by atoms with E-state index in [2.05, 4.69) is 18.4 Å². The van der Waals surface area contributed by atoms with Gasteiger partial charge in [0.25, 0.3) is 11.7 Å². The van der Waals surface area contributed by atoms with E-state index in [1.165, 1.54) is 0 Å². The quantitative estimate of drug-likeness (QED) is 0.235. The molecule has 0 aromatic heterocycles. The van der Waals surface area contributed by atoms with E-state index in [0.717, 1.165) is 43.6 Å². The Morgan fingerprint density at radius 3 is 2.42 bits per heavy atom. The van der Waals surface area contributed by atoms with Gasteiger partial charge in [-0.05, 0) is 48.2 Å². The van der Waals surface area contributed by atoms with Crippen LogP contribution in [0.3, 0.4) is 0 Å². The molecular formula is C29H34N2O5. The first-order chi connectivity index (χ1) is 17.5. The largest absolute Gasteiger partial charge is 0.507 e. The van der Waals surface area contributed by atoms with Crippen LogP contribution < -0.4 is 4.74 Å². The highest BCUT2D eigenvalue weighted by molar-refractivity contribution is 6.46. The molecule has 2 aromatic carbocycles. The van der Waals surface area contributed by atoms with Crippen LogP contribution in [0.25, 0.3) is 5.76 Å². The van der Waals surface area contributed by atoms with Crippen molar-refractivity contribution in [3.8, 4) is 5.75 Å². The summed E-state index contributed by atoms with van der Waals surface area (Å²) >= 11 is 0. The summed E-state index contributed by atoms with van der Waals surface area (Å²) in [6.07, 6.45) is 3.27. The van der Waals surface area contributed by atoms with Crippen LogP contribution in [0.4, 0.5) is 0 Å². The van der Waals surface area contributed by atoms with Gasteiger partial charge in [-0.15, -0.1) is 0 Å². The standard InChI is InChI=1S/C29H34N2O5/c1-3-18-36-24-12-10-23(11-13-24)27(32)25-26(22-8-6-21(4-2)7-9-22)31(29(34)28(25)33)15-5-14-30-16-19-35-20-17-30/h3,6-13,26,32H,1,4-5,14-20H2,2H3/b27-25+. The van der Waals surface area contributed by atoms with E-state index >= 15 is 0 Å². The molecule has 2 saturated heterocycles. The molecule has 190 valence electrons. The molecule has 0 radical (unpaired) electrons. The van der Waals surface area contributed by atoms with Crippen LogP contribution in [-0.4, -0.2) is 72.6 Å². The van der Waals surface area contributed by atoms with Gasteiger partial charge in [0.1, 0.15) is 18.1 Å². The number of nitrogens with zero attached hydrogens (tertiary/aromatic N) is 2. The van der Waals surface area contributed by atoms with Gasteiger partial charge in [-0.1, -0.05) is 43.8 Å². The van der Waals surface area contributed by atoms with E-state index in [9.17, 15) is 14.7 Å². The van der Waals surface area contributed by atoms with Crippen LogP contribution in [0.1, 0.15) is 36.1 Å². The lowest BCUT2D eigenvalue weighted by Gasteiger charge is -2.29. The fraction of sp³-hybridized carbons (Fsp3) is 0.379. The maximum Gasteiger partial charge on any atom is 0.295 e. The maximum absolute atomic E-state index is 13.2. The summed E-state index contributed by atoms with van der Waals surface area (Å²) in [5.41, 5.74) is 2.56. The van der Waals surface area contributed by atoms with E-state index in [-0.39, 0.29) is 11.3 Å². The zero-order valence-corrected chi connectivity index (χ0v) is 20.8. The second-order valence-corrected chi connectivity index (χ2v) is 9.02. The normalized spacial score (nSPS) is 20.0. The number of likely N-dealkylation sites (tertiary alicyclic amines) is 1. The molecule has 36 heavy (non-hydrogen) atoms. The number of carbonyl (C=O) groups excluding carboxylic acids is 2. The Labute approximate surface area is 212 Å². The zero-order valence-electron chi connectivity index (χ0n) is 20.8. The highest BCUT2D eigenvalue weighted by atomic mass is 16.5. The first kappa shape index (κ1) is 25.7. The first-order valence-corrected chi connectivity index (χ1v) is 12.5. The minimum Gasteiger partial charge on any atom is -0.507 e. The van der Waals surface area contributed by atoms with E-state index in [0.29, 0.717) is 37.7 Å². The fourth-order valence-corrected chi connectivity index (χ4v) is 4.70. The van der Waals surface area contributed by atoms with E-state index in [1.807, 2.05) is 24.3 Å². The van der Waals surface area contributed by atoms with Crippen LogP contribution in [-0.2, 0) is 20.7 Å². The lowest BCUT2D eigenvalue weighted by Crippen LogP contribution is -2.38. The Hall–Kier alpha value is -3.42. The smallest absolute Gasteiger partial charge is 0.295 e. The van der Waals surface area contributed by atoms with Crippen molar-refractivity contribution in [3.05, 3.63) is 83.4 Å². The predicted molar refractivity (Wildman–Crippen MR) is 139 cm³/mol. The highest BCUT2D eigenvalue weighted by Gasteiger charge is 2.45. The van der Waals surface area contributed by atoms with Crippen molar-refractivity contribution < 1.29 is 24.2 Å². The molecule has 0 bridgehead atoms. The van der Waals surface area contributed by atoms with Crippen LogP contribution >= 0.6 is 0 Å². The van der Waals surface area contributed by atoms with Crippen molar-refractivity contribution in [1.82, 2.24) is 9.80 Å². The van der Waals surface area contributed by atoms with Crippen molar-refractivity contribution in [1.29, 1.82) is 0 Å². The van der Waals surface area contributed by atoms with Gasteiger partial charge < -0.3 is 19.5 Å². The lowest BCUT2D eigenvalue weighted by molar-refractivity contribution is -0.140. The molecule has 1 atom stereocenters. The van der Waals surface area contributed by atoms with E-state index in [1.54, 1.807) is 35.2 Å². The molecular weight excluding hydrogens is 456 g/mol. The molecule has 1 N–H and O–H groups in total. The molecule has 0 saturated carbocycles. The minimum atomic E-state index is -0.657. The molecule has 7 heteroatoms. The van der Waals surface area contributed by atoms with Crippen LogP contribution in [0.2, 0.25) is 0 Å². The second kappa shape index (κ2) is 12.0. The number of carbonyl (C=O) groups is 2. The van der Waals surface area contributed by atoms with Crippen molar-refractivity contribution >= 4 is 17.4 Å². The summed E-state index contributed by atoms with van der Waals surface area (Å²) in [7, 11) is 0. The molecule has 2 heterocycles. The average Bonchev–Trinajstić information content (AvgIpc) is 3.17. The fourth-order valence-electron chi connectivity index (χ4n) is 4.70. The van der Waals surface area contributed by atoms with Gasteiger partial charge in [0.15, 0.2) is 0 Å². The van der Waals surface area contributed by atoms with Gasteiger partial charge in [-0.25, -0.2) is 0 Å². The maximum atomic E-state index is 13.2. The Morgan fingerprint density at radius 1 is 1.08 bits per heavy atom. The molecule has 7 nitrogen and oxygen atoms in total. The third-order valence-electron chi connectivity index (χ3n) is 6.72. The number of ether oxygens (including phenoxy) is 2. The molecule has 4 rings (SSSR count). The van der Waals surface area contributed by atoms with Gasteiger partial charge in [0.05, 0.1) is 24.8 Å². The number of aliphatic hydroxyl groups excluding tert-OH is 1. The number of hydrogen-bond donors (Lipinski definition) is 1. The molecule has 0 aliphatic carbocycles. The Kier molecular flexibility index (Phi) is 8.57. The van der Waals surface area contributed by atoms with Gasteiger partial charge in [-0.3, -0.25) is 14.5 Å². The van der Waals surface area contributed by atoms with Gasteiger partial charge in [0.2, 0.25) is 0 Å². The minimum absolute atomic E-state index is 0.121. The lowest BCUT2D eigenvalue weighted by atomic mass is 9.94. The Balaban J connectivity index is 1.64. The van der Waals surface area contributed by atoms with Crippen LogP contribution in [0.15, 0.2) is 66.8 Å². The van der Waals surface area contributed by atoms with Crippen LogP contribution in [0, 0.1) is 0 Å². The molecule has 1 unspecified atom stereocenters. The Bertz CT molecular complexity index is 1100. The number of hydrogen-bond acceptors (Lipinski definition) is 6. The predicted octanol–water partition coefficient (Wildman–Crippen LogP) is 3.96. The van der Waals surface area contributed by atoms with Crippen molar-refractivity contribution in [3.63, 3.8) is 0 Å². The molecule has 2 aliphatic rings. The SMILES string of the molecule is C=CCOc1ccc(/C(O)=C2\C(=O)C(=O)N(CCCN3CCOCC3)C2c2ccc(CC)cc2)cc1. The Morgan fingerprint density at radius 2 is 1.78 bits per heavy atom. The molecule has 0 spiro atoms. The third kappa shape index (κ3) is 5.69. The summed E-state index contributed by atoms with van der Waals surface area (Å²) in [5, 5.41) is 11.3. The number of aryl methyl sites for hydroxylation is 1. The first-order valence-electron chi connectivity index (χ1n) is 12.5. The monoisotopic (exact) mass is 490 g/mol. The van der Waals surface area contributed by atoms with Gasteiger partial charge >= 0.3 is 0 Å². The number of Topliss-reactive ketones (excluding diaryl/α,β-unsaturated/α-hetero) is 1. The summed E-state index contributed by atoms with van der Waals surface area (Å²) < 4.78 is 10.9. The number of morpholine rings is 1. The average molecular weight is 491 g/mol. The molecule has 2 aliphatic heterocycles. The van der Waals surface area contributed by atoms with E-state index < -0.39 is 17.7 Å². The highest BCUT2D eigenvalue weighted by Crippen LogP contribution is 2.39. The number of aliphatic hydroxyl groups is 1. The number of amides is 1. The number of rotatable bonds is 10. The summed E-state index contributed by atoms with van der Waals surface area (Å²) in [4.78, 5) is 30.3. The molecule has 2 fully saturated rings. The van der Waals surface area contributed by atoms with Crippen molar-refractivity contribution in [2.75, 3.05) is 46.0 Å². The van der Waals surface area contributed by atoms with Crippen molar-refractivity contribution in [2.24, 2.45) is 0 Å². The third-order valence-corrected chi connectivity index (χ3v) is 6.72. The van der Waals surface area contributed by atoms with Gasteiger partial charge in [-0.2, -0.15) is 0 Å². The van der Waals surface area contributed by atoms with Crippen molar-refractivity contribution in [2.45, 2.75) is 25.8 Å². The van der Waals surface area contributed by atoms with E-state index in [4.69, 9.17) is 9.47 Å². The second-order valence-electron chi connectivity index (χ2n) is 9.02. The van der Waals surface area contributed by atoms with Gasteiger partial charge in [0, 0.05) is 31.7 Å². The topological polar surface area (TPSA) is 79.3 Å².